The van der Waals surface area contributed by atoms with Gasteiger partial charge in [0.2, 0.25) is 5.91 Å². The van der Waals surface area contributed by atoms with E-state index < -0.39 is 30.3 Å². The van der Waals surface area contributed by atoms with Crippen LogP contribution < -0.4 is 0 Å². The second-order valence-corrected chi connectivity index (χ2v) is 5.97. The predicted octanol–water partition coefficient (Wildman–Crippen LogP) is 1.74. The molecule has 0 atom stereocenters. The number of ether oxygens (including phenoxy) is 2. The van der Waals surface area contributed by atoms with Crippen LogP contribution in [0.5, 0.6) is 0 Å². The minimum absolute atomic E-state index is 0.0658. The fraction of sp³-hybridized carbons (Fsp3) is 0.200. The lowest BCUT2D eigenvalue weighted by Gasteiger charge is -2.25. The van der Waals surface area contributed by atoms with Crippen LogP contribution in [-0.2, 0) is 32.1 Å². The number of fused-ring (bicyclic) bond motifs is 1. The van der Waals surface area contributed by atoms with Gasteiger partial charge < -0.3 is 9.47 Å². The van der Waals surface area contributed by atoms with E-state index in [0.717, 1.165) is 4.90 Å². The molecule has 3 rings (SSSR count). The molecule has 0 saturated heterocycles. The molecule has 1 aliphatic rings. The van der Waals surface area contributed by atoms with Crippen molar-refractivity contribution in [2.45, 2.75) is 13.0 Å². The molecule has 138 valence electrons. The molecule has 0 N–H and O–H groups in total. The van der Waals surface area contributed by atoms with Crippen LogP contribution in [-0.4, -0.2) is 42.3 Å². The molecule has 0 aliphatic carbocycles. The third-order valence-corrected chi connectivity index (χ3v) is 4.17. The molecule has 27 heavy (non-hydrogen) atoms. The molecule has 0 saturated carbocycles. The standard InChI is InChI=1S/C20H17NO6/c1-26-20(25)15-7-4-5-13(9-15)12-27-18(23)11-21-17(22)10-14-6-2-3-8-16(14)19(21)24/h2-9H,10-12H2,1H3. The predicted molar refractivity (Wildman–Crippen MR) is 93.8 cm³/mol. The van der Waals surface area contributed by atoms with E-state index in [1.54, 1.807) is 48.5 Å². The van der Waals surface area contributed by atoms with Gasteiger partial charge in [0.25, 0.3) is 5.91 Å². The Bertz CT molecular complexity index is 920. The Morgan fingerprint density at radius 1 is 1.07 bits per heavy atom. The monoisotopic (exact) mass is 367 g/mol. The molecular weight excluding hydrogens is 350 g/mol. The summed E-state index contributed by atoms with van der Waals surface area (Å²) in [6, 6.07) is 13.3. The van der Waals surface area contributed by atoms with E-state index in [0.29, 0.717) is 22.3 Å². The van der Waals surface area contributed by atoms with E-state index >= 15 is 0 Å². The molecular formula is C20H17NO6. The van der Waals surface area contributed by atoms with Crippen LogP contribution >= 0.6 is 0 Å². The number of carbonyl (C=O) groups is 4. The van der Waals surface area contributed by atoms with Gasteiger partial charge >= 0.3 is 11.9 Å². The van der Waals surface area contributed by atoms with Crippen molar-refractivity contribution in [3.8, 4) is 0 Å². The topological polar surface area (TPSA) is 90.0 Å². The van der Waals surface area contributed by atoms with Gasteiger partial charge in [0, 0.05) is 5.56 Å². The third kappa shape index (κ3) is 4.03. The number of esters is 2. The number of hydrogen-bond donors (Lipinski definition) is 0. The first-order valence-electron chi connectivity index (χ1n) is 8.25. The lowest BCUT2D eigenvalue weighted by molar-refractivity contribution is -0.149. The first-order chi connectivity index (χ1) is 13.0. The molecule has 0 radical (unpaired) electrons. The minimum atomic E-state index is -0.709. The van der Waals surface area contributed by atoms with E-state index in [4.69, 9.17) is 4.74 Å². The van der Waals surface area contributed by atoms with E-state index in [1.165, 1.54) is 7.11 Å². The molecule has 2 amide bonds. The molecule has 0 aromatic heterocycles. The van der Waals surface area contributed by atoms with Gasteiger partial charge in [-0.05, 0) is 29.3 Å². The van der Waals surface area contributed by atoms with Crippen molar-refractivity contribution in [1.29, 1.82) is 0 Å². The summed E-state index contributed by atoms with van der Waals surface area (Å²) in [6.07, 6.45) is 0.0658. The zero-order chi connectivity index (χ0) is 19.4. The molecule has 7 nitrogen and oxygen atoms in total. The Morgan fingerprint density at radius 3 is 2.63 bits per heavy atom. The maximum atomic E-state index is 12.4. The fourth-order valence-electron chi connectivity index (χ4n) is 2.80. The number of benzene rings is 2. The highest BCUT2D eigenvalue weighted by molar-refractivity contribution is 6.11. The molecule has 0 bridgehead atoms. The average Bonchev–Trinajstić information content (AvgIpc) is 2.69. The molecule has 7 heteroatoms. The lowest BCUT2D eigenvalue weighted by atomic mass is 9.98. The summed E-state index contributed by atoms with van der Waals surface area (Å²) < 4.78 is 9.79. The number of methoxy groups -OCH3 is 1. The Kier molecular flexibility index (Phi) is 5.30. The Hall–Kier alpha value is -3.48. The smallest absolute Gasteiger partial charge is 0.337 e. The van der Waals surface area contributed by atoms with Crippen LogP contribution in [0.2, 0.25) is 0 Å². The third-order valence-electron chi connectivity index (χ3n) is 4.17. The second-order valence-electron chi connectivity index (χ2n) is 5.97. The SMILES string of the molecule is COC(=O)c1cccc(COC(=O)CN2C(=O)Cc3ccccc3C2=O)c1. The van der Waals surface area contributed by atoms with Crippen molar-refractivity contribution in [1.82, 2.24) is 4.90 Å². The maximum Gasteiger partial charge on any atom is 0.337 e. The maximum absolute atomic E-state index is 12.4. The van der Waals surface area contributed by atoms with E-state index in [-0.39, 0.29) is 13.0 Å². The van der Waals surface area contributed by atoms with Crippen LogP contribution in [0.1, 0.15) is 31.8 Å². The zero-order valence-electron chi connectivity index (χ0n) is 14.6. The molecule has 0 spiro atoms. The summed E-state index contributed by atoms with van der Waals surface area (Å²) in [6.45, 7) is -0.542. The highest BCUT2D eigenvalue weighted by Crippen LogP contribution is 2.19. The van der Waals surface area contributed by atoms with Crippen LogP contribution in [0.25, 0.3) is 0 Å². The minimum Gasteiger partial charge on any atom is -0.465 e. The van der Waals surface area contributed by atoms with Gasteiger partial charge in [-0.2, -0.15) is 0 Å². The van der Waals surface area contributed by atoms with Crippen molar-refractivity contribution < 1.29 is 28.7 Å². The molecule has 0 unspecified atom stereocenters. The first-order valence-corrected chi connectivity index (χ1v) is 8.25. The van der Waals surface area contributed by atoms with Crippen molar-refractivity contribution in [3.63, 3.8) is 0 Å². The lowest BCUT2D eigenvalue weighted by Crippen LogP contribution is -2.45. The second kappa shape index (κ2) is 7.82. The Labute approximate surface area is 155 Å². The summed E-state index contributed by atoms with van der Waals surface area (Å²) in [5.74, 6) is -2.15. The van der Waals surface area contributed by atoms with Crippen molar-refractivity contribution in [2.75, 3.05) is 13.7 Å². The summed E-state index contributed by atoms with van der Waals surface area (Å²) in [7, 11) is 1.28. The number of nitrogens with zero attached hydrogens (tertiary/aromatic N) is 1. The number of hydrogen-bond acceptors (Lipinski definition) is 6. The summed E-state index contributed by atoms with van der Waals surface area (Å²) in [4.78, 5) is 49.1. The van der Waals surface area contributed by atoms with Crippen LogP contribution in [0, 0.1) is 0 Å². The van der Waals surface area contributed by atoms with Crippen molar-refractivity contribution in [2.24, 2.45) is 0 Å². The van der Waals surface area contributed by atoms with E-state index in [2.05, 4.69) is 4.74 Å². The van der Waals surface area contributed by atoms with Gasteiger partial charge in [0.15, 0.2) is 0 Å². The summed E-state index contributed by atoms with van der Waals surface area (Å²) in [5.41, 5.74) is 1.99. The van der Waals surface area contributed by atoms with Crippen LogP contribution in [0.3, 0.4) is 0 Å². The molecule has 2 aromatic rings. The van der Waals surface area contributed by atoms with Gasteiger partial charge in [0.05, 0.1) is 19.1 Å². The van der Waals surface area contributed by atoms with Crippen molar-refractivity contribution >= 4 is 23.8 Å². The average molecular weight is 367 g/mol. The zero-order valence-corrected chi connectivity index (χ0v) is 14.6. The number of imide groups is 1. The largest absolute Gasteiger partial charge is 0.465 e. The Morgan fingerprint density at radius 2 is 1.85 bits per heavy atom. The fourth-order valence-corrected chi connectivity index (χ4v) is 2.80. The van der Waals surface area contributed by atoms with E-state index in [9.17, 15) is 19.2 Å². The van der Waals surface area contributed by atoms with Crippen LogP contribution in [0.4, 0.5) is 0 Å². The van der Waals surface area contributed by atoms with Gasteiger partial charge in [-0.15, -0.1) is 0 Å². The molecule has 0 fully saturated rings. The number of amides is 2. The molecule has 2 aromatic carbocycles. The number of carbonyl (C=O) groups excluding carboxylic acids is 4. The summed E-state index contributed by atoms with van der Waals surface area (Å²) >= 11 is 0. The highest BCUT2D eigenvalue weighted by Gasteiger charge is 2.32. The van der Waals surface area contributed by atoms with Crippen molar-refractivity contribution in [3.05, 3.63) is 70.8 Å². The molecule has 1 heterocycles. The van der Waals surface area contributed by atoms with Gasteiger partial charge in [0.1, 0.15) is 13.2 Å². The highest BCUT2D eigenvalue weighted by atomic mass is 16.5. The quantitative estimate of drug-likeness (QED) is 0.591. The summed E-state index contributed by atoms with van der Waals surface area (Å²) in [5, 5.41) is 0. The Balaban J connectivity index is 1.62. The van der Waals surface area contributed by atoms with Gasteiger partial charge in [-0.25, -0.2) is 4.79 Å². The van der Waals surface area contributed by atoms with Gasteiger partial charge in [-0.3, -0.25) is 19.3 Å². The normalized spacial score (nSPS) is 13.1. The van der Waals surface area contributed by atoms with E-state index in [1.807, 2.05) is 0 Å². The van der Waals surface area contributed by atoms with Gasteiger partial charge in [-0.1, -0.05) is 30.3 Å². The van der Waals surface area contributed by atoms with Crippen LogP contribution in [0.15, 0.2) is 48.5 Å². The first kappa shape index (κ1) is 18.3. The molecule has 1 aliphatic heterocycles. The number of rotatable bonds is 5.